The first-order valence-electron chi connectivity index (χ1n) is 10.9. The third-order valence-corrected chi connectivity index (χ3v) is 7.76. The number of carbonyl (C=O) groups is 1. The summed E-state index contributed by atoms with van der Waals surface area (Å²) in [7, 11) is 1.63. The fourth-order valence-electron chi connectivity index (χ4n) is 4.03. The lowest BCUT2D eigenvalue weighted by Crippen LogP contribution is -2.35. The molecule has 2 aliphatic heterocycles. The van der Waals surface area contributed by atoms with Crippen molar-refractivity contribution in [2.24, 2.45) is 0 Å². The van der Waals surface area contributed by atoms with Gasteiger partial charge in [-0.2, -0.15) is 5.10 Å². The van der Waals surface area contributed by atoms with Gasteiger partial charge in [-0.1, -0.05) is 42.2 Å². The van der Waals surface area contributed by atoms with Gasteiger partial charge in [0.15, 0.2) is 0 Å². The van der Waals surface area contributed by atoms with Gasteiger partial charge in [0, 0.05) is 23.9 Å². The number of amides is 1. The lowest BCUT2D eigenvalue weighted by Gasteiger charge is -2.18. The summed E-state index contributed by atoms with van der Waals surface area (Å²) in [4.78, 5) is 15.5. The van der Waals surface area contributed by atoms with E-state index in [9.17, 15) is 4.79 Å². The van der Waals surface area contributed by atoms with Gasteiger partial charge in [0.25, 0.3) is 5.91 Å². The van der Waals surface area contributed by atoms with Gasteiger partial charge in [-0.25, -0.2) is 4.68 Å². The van der Waals surface area contributed by atoms with Crippen LogP contribution in [0.5, 0.6) is 5.75 Å². The number of halogens is 1. The summed E-state index contributed by atoms with van der Waals surface area (Å²) < 4.78 is 14.3. The topological polar surface area (TPSA) is 56.6 Å². The van der Waals surface area contributed by atoms with Crippen molar-refractivity contribution in [3.8, 4) is 22.7 Å². The largest absolute Gasteiger partial charge is 0.496 e. The molecule has 174 valence electrons. The molecule has 6 nitrogen and oxygen atoms in total. The van der Waals surface area contributed by atoms with E-state index in [4.69, 9.17) is 26.8 Å². The quantitative estimate of drug-likeness (QED) is 0.287. The number of rotatable bonds is 6. The van der Waals surface area contributed by atoms with Crippen molar-refractivity contribution in [3.05, 3.63) is 69.7 Å². The van der Waals surface area contributed by atoms with Crippen LogP contribution in [0.3, 0.4) is 0 Å². The molecule has 0 aliphatic carbocycles. The molecule has 0 saturated carbocycles. The highest BCUT2D eigenvalue weighted by atomic mass is 79.9. The Kier molecular flexibility index (Phi) is 6.87. The summed E-state index contributed by atoms with van der Waals surface area (Å²) in [5.74, 6) is 0.655. The molecule has 2 aromatic carbocycles. The molecule has 1 atom stereocenters. The predicted octanol–water partition coefficient (Wildman–Crippen LogP) is 5.69. The van der Waals surface area contributed by atoms with Crippen LogP contribution in [0, 0.1) is 0 Å². The SMILES string of the molecule is COc1ccc(-c2nn(-c3ccccc3)cc2/C=C2/SC(=S)N(C[C@H]3CCCO3)C2=O)cc1Br. The van der Waals surface area contributed by atoms with Crippen LogP contribution in [0.25, 0.3) is 23.0 Å². The Morgan fingerprint density at radius 1 is 1.29 bits per heavy atom. The number of methoxy groups -OCH3 is 1. The summed E-state index contributed by atoms with van der Waals surface area (Å²) in [5.41, 5.74) is 3.43. The molecule has 0 bridgehead atoms. The predicted molar refractivity (Wildman–Crippen MR) is 142 cm³/mol. The highest BCUT2D eigenvalue weighted by molar-refractivity contribution is 9.10. The molecule has 2 saturated heterocycles. The van der Waals surface area contributed by atoms with Crippen molar-refractivity contribution in [1.29, 1.82) is 0 Å². The fourth-order valence-corrected chi connectivity index (χ4v) is 5.84. The van der Waals surface area contributed by atoms with Crippen molar-refractivity contribution in [1.82, 2.24) is 14.7 Å². The average molecular weight is 557 g/mol. The number of aromatic nitrogens is 2. The third-order valence-electron chi connectivity index (χ3n) is 5.76. The second-order valence-corrected chi connectivity index (χ2v) is 10.5. The number of thioether (sulfide) groups is 1. The third kappa shape index (κ3) is 4.70. The molecular weight excluding hydrogens is 534 g/mol. The fraction of sp³-hybridized carbons (Fsp3) is 0.240. The Labute approximate surface area is 216 Å². The van der Waals surface area contributed by atoms with Crippen LogP contribution < -0.4 is 4.74 Å². The van der Waals surface area contributed by atoms with Gasteiger partial charge in [0.1, 0.15) is 15.8 Å². The maximum Gasteiger partial charge on any atom is 0.266 e. The zero-order chi connectivity index (χ0) is 23.7. The lowest BCUT2D eigenvalue weighted by molar-refractivity contribution is -0.123. The van der Waals surface area contributed by atoms with Crippen LogP contribution in [-0.4, -0.2) is 51.3 Å². The van der Waals surface area contributed by atoms with Crippen molar-refractivity contribution in [2.45, 2.75) is 18.9 Å². The van der Waals surface area contributed by atoms with E-state index in [1.165, 1.54) is 11.8 Å². The molecule has 5 rings (SSSR count). The Bertz CT molecular complexity index is 1270. The number of hydrogen-bond acceptors (Lipinski definition) is 6. The minimum Gasteiger partial charge on any atom is -0.496 e. The number of ether oxygens (including phenoxy) is 2. The summed E-state index contributed by atoms with van der Waals surface area (Å²) >= 11 is 10.4. The van der Waals surface area contributed by atoms with Crippen LogP contribution in [0.2, 0.25) is 0 Å². The smallest absolute Gasteiger partial charge is 0.266 e. The van der Waals surface area contributed by atoms with Crippen molar-refractivity contribution in [2.75, 3.05) is 20.3 Å². The highest BCUT2D eigenvalue weighted by Gasteiger charge is 2.35. The van der Waals surface area contributed by atoms with E-state index in [2.05, 4.69) is 15.9 Å². The summed E-state index contributed by atoms with van der Waals surface area (Å²) in [6.45, 7) is 1.25. The normalized spacial score (nSPS) is 19.4. The van der Waals surface area contributed by atoms with Crippen LogP contribution in [0.15, 0.2) is 64.1 Å². The van der Waals surface area contributed by atoms with Gasteiger partial charge in [0.05, 0.1) is 34.8 Å². The summed E-state index contributed by atoms with van der Waals surface area (Å²) in [6, 6.07) is 15.7. The van der Waals surface area contributed by atoms with Crippen LogP contribution in [0.4, 0.5) is 0 Å². The maximum atomic E-state index is 13.2. The molecule has 9 heteroatoms. The lowest BCUT2D eigenvalue weighted by atomic mass is 10.1. The van der Waals surface area contributed by atoms with E-state index >= 15 is 0 Å². The summed E-state index contributed by atoms with van der Waals surface area (Å²) in [5, 5.41) is 4.86. The van der Waals surface area contributed by atoms with Crippen molar-refractivity contribution >= 4 is 56.2 Å². The zero-order valence-electron chi connectivity index (χ0n) is 18.4. The number of thiocarbonyl (C=S) groups is 1. The molecule has 3 heterocycles. The molecule has 0 N–H and O–H groups in total. The van der Waals surface area contributed by atoms with Crippen LogP contribution in [-0.2, 0) is 9.53 Å². The first-order chi connectivity index (χ1) is 16.5. The average Bonchev–Trinajstić information content (AvgIpc) is 3.57. The number of benzene rings is 2. The molecule has 2 aliphatic rings. The molecule has 3 aromatic rings. The van der Waals surface area contributed by atoms with E-state index in [-0.39, 0.29) is 12.0 Å². The molecule has 0 radical (unpaired) electrons. The minimum atomic E-state index is -0.0835. The van der Waals surface area contributed by atoms with Gasteiger partial charge in [0.2, 0.25) is 0 Å². The molecule has 1 aromatic heterocycles. The molecule has 0 unspecified atom stereocenters. The monoisotopic (exact) mass is 555 g/mol. The van der Waals surface area contributed by atoms with E-state index in [0.29, 0.717) is 15.8 Å². The zero-order valence-corrected chi connectivity index (χ0v) is 21.7. The van der Waals surface area contributed by atoms with E-state index in [0.717, 1.165) is 52.2 Å². The molecule has 0 spiro atoms. The van der Waals surface area contributed by atoms with Gasteiger partial charge in [-0.05, 0) is 65.2 Å². The summed E-state index contributed by atoms with van der Waals surface area (Å²) in [6.07, 6.45) is 5.85. The standard InChI is InChI=1S/C25H22BrN3O3S2/c1-31-21-10-9-16(12-20(21)26)23-17(14-29(27-23)18-6-3-2-4-7-18)13-22-24(30)28(25(33)34-22)15-19-8-5-11-32-19/h2-4,6-7,9-10,12-14,19H,5,8,11,15H2,1H3/b22-13+/t19-/m1/s1. The molecule has 2 fully saturated rings. The van der Waals surface area contributed by atoms with Crippen LogP contribution in [0.1, 0.15) is 18.4 Å². The first kappa shape index (κ1) is 23.3. The van der Waals surface area contributed by atoms with Crippen molar-refractivity contribution < 1.29 is 14.3 Å². The number of para-hydroxylation sites is 1. The molecular formula is C25H22BrN3O3S2. The second kappa shape index (κ2) is 10.0. The van der Waals surface area contributed by atoms with Gasteiger partial charge >= 0.3 is 0 Å². The van der Waals surface area contributed by atoms with Gasteiger partial charge in [-0.15, -0.1) is 0 Å². The molecule has 34 heavy (non-hydrogen) atoms. The Morgan fingerprint density at radius 3 is 2.82 bits per heavy atom. The highest BCUT2D eigenvalue weighted by Crippen LogP contribution is 2.37. The van der Waals surface area contributed by atoms with Crippen LogP contribution >= 0.6 is 39.9 Å². The number of nitrogens with zero attached hydrogens (tertiary/aromatic N) is 3. The Balaban J connectivity index is 1.53. The second-order valence-electron chi connectivity index (χ2n) is 7.99. The van der Waals surface area contributed by atoms with Gasteiger partial charge in [-0.3, -0.25) is 9.69 Å². The molecule has 1 amide bonds. The maximum absolute atomic E-state index is 13.2. The van der Waals surface area contributed by atoms with E-state index in [1.807, 2.05) is 65.5 Å². The number of hydrogen-bond donors (Lipinski definition) is 0. The minimum absolute atomic E-state index is 0.0508. The number of carbonyl (C=O) groups excluding carboxylic acids is 1. The van der Waals surface area contributed by atoms with E-state index < -0.39 is 0 Å². The van der Waals surface area contributed by atoms with Crippen molar-refractivity contribution in [3.63, 3.8) is 0 Å². The Hall–Kier alpha value is -2.46. The van der Waals surface area contributed by atoms with E-state index in [1.54, 1.807) is 12.0 Å². The van der Waals surface area contributed by atoms with Gasteiger partial charge < -0.3 is 9.47 Å². The first-order valence-corrected chi connectivity index (χ1v) is 12.9. The Morgan fingerprint density at radius 2 is 2.12 bits per heavy atom.